The maximum Gasteiger partial charge on any atom is 0.0453 e. The summed E-state index contributed by atoms with van der Waals surface area (Å²) in [4.78, 5) is 2.55. The van der Waals surface area contributed by atoms with Crippen molar-refractivity contribution >= 4 is 11.6 Å². The van der Waals surface area contributed by atoms with Gasteiger partial charge in [-0.3, -0.25) is 0 Å². The van der Waals surface area contributed by atoms with Gasteiger partial charge in [0.1, 0.15) is 0 Å². The Bertz CT molecular complexity index is 361. The van der Waals surface area contributed by atoms with Crippen molar-refractivity contribution in [3.8, 4) is 0 Å². The fraction of sp³-hybridized carbons (Fsp3) is 0.600. The Kier molecular flexibility index (Phi) is 5.48. The number of likely N-dealkylation sites (tertiary alicyclic amines) is 1. The average Bonchev–Trinajstić information content (AvgIpc) is 2.40. The minimum absolute atomic E-state index is 0.323. The van der Waals surface area contributed by atoms with Gasteiger partial charge in [-0.1, -0.05) is 36.2 Å². The van der Waals surface area contributed by atoms with Crippen LogP contribution < -0.4 is 5.32 Å². The zero-order valence-electron chi connectivity index (χ0n) is 11.2. The van der Waals surface area contributed by atoms with Crippen molar-refractivity contribution < 1.29 is 0 Å². The molecule has 1 unspecified atom stereocenters. The van der Waals surface area contributed by atoms with Crippen LogP contribution in [0.15, 0.2) is 24.3 Å². The lowest BCUT2D eigenvalue weighted by molar-refractivity contribution is 0.227. The highest BCUT2D eigenvalue weighted by Crippen LogP contribution is 2.21. The second-order valence-corrected chi connectivity index (χ2v) is 5.51. The molecule has 1 atom stereocenters. The van der Waals surface area contributed by atoms with E-state index in [-0.39, 0.29) is 0 Å². The van der Waals surface area contributed by atoms with Crippen molar-refractivity contribution in [3.05, 3.63) is 34.9 Å². The predicted octanol–water partition coefficient (Wildman–Crippen LogP) is 3.48. The highest BCUT2D eigenvalue weighted by molar-refractivity contribution is 6.31. The number of halogens is 1. The van der Waals surface area contributed by atoms with Gasteiger partial charge in [0.15, 0.2) is 0 Å². The molecule has 0 saturated carbocycles. The lowest BCUT2D eigenvalue weighted by Gasteiger charge is -2.27. The molecule has 1 aromatic rings. The van der Waals surface area contributed by atoms with E-state index in [0.717, 1.165) is 18.1 Å². The molecule has 2 rings (SSSR count). The first-order chi connectivity index (χ1) is 8.77. The van der Waals surface area contributed by atoms with Crippen molar-refractivity contribution in [3.63, 3.8) is 0 Å². The molecule has 0 aromatic heterocycles. The summed E-state index contributed by atoms with van der Waals surface area (Å²) in [7, 11) is 0. The summed E-state index contributed by atoms with van der Waals surface area (Å²) in [6.45, 7) is 6.89. The molecule has 0 aliphatic carbocycles. The van der Waals surface area contributed by atoms with Crippen LogP contribution in [0.25, 0.3) is 0 Å². The van der Waals surface area contributed by atoms with Crippen LogP contribution in [0.4, 0.5) is 0 Å². The lowest BCUT2D eigenvalue weighted by Crippen LogP contribution is -2.36. The molecule has 1 aromatic carbocycles. The van der Waals surface area contributed by atoms with Crippen molar-refractivity contribution in [1.82, 2.24) is 10.2 Å². The number of hydrogen-bond donors (Lipinski definition) is 1. The Morgan fingerprint density at radius 2 is 1.94 bits per heavy atom. The van der Waals surface area contributed by atoms with E-state index in [9.17, 15) is 0 Å². The summed E-state index contributed by atoms with van der Waals surface area (Å²) in [5.41, 5.74) is 1.19. The topological polar surface area (TPSA) is 15.3 Å². The van der Waals surface area contributed by atoms with Gasteiger partial charge in [-0.05, 0) is 44.5 Å². The smallest absolute Gasteiger partial charge is 0.0453 e. The van der Waals surface area contributed by atoms with Gasteiger partial charge >= 0.3 is 0 Å². The third kappa shape index (κ3) is 3.98. The second kappa shape index (κ2) is 7.13. The number of benzene rings is 1. The number of nitrogens with zero attached hydrogens (tertiary/aromatic N) is 1. The first-order valence-electron chi connectivity index (χ1n) is 6.97. The number of rotatable bonds is 5. The molecule has 1 heterocycles. The van der Waals surface area contributed by atoms with Gasteiger partial charge in [0.2, 0.25) is 0 Å². The third-order valence-corrected chi connectivity index (χ3v) is 4.04. The van der Waals surface area contributed by atoms with E-state index in [0.29, 0.717) is 6.04 Å². The highest BCUT2D eigenvalue weighted by atomic mass is 35.5. The van der Waals surface area contributed by atoms with E-state index in [1.54, 1.807) is 0 Å². The number of piperidine rings is 1. The highest BCUT2D eigenvalue weighted by Gasteiger charge is 2.11. The van der Waals surface area contributed by atoms with E-state index in [2.05, 4.69) is 23.2 Å². The van der Waals surface area contributed by atoms with E-state index < -0.39 is 0 Å². The SMILES string of the molecule is CC(NCCN1CCCCC1)c1ccccc1Cl. The molecule has 0 bridgehead atoms. The summed E-state index contributed by atoms with van der Waals surface area (Å²) in [6, 6.07) is 8.40. The van der Waals surface area contributed by atoms with Crippen molar-refractivity contribution in [2.45, 2.75) is 32.2 Å². The molecule has 3 heteroatoms. The van der Waals surface area contributed by atoms with Gasteiger partial charge in [0.05, 0.1) is 0 Å². The largest absolute Gasteiger partial charge is 0.309 e. The summed E-state index contributed by atoms with van der Waals surface area (Å²) in [5.74, 6) is 0. The maximum atomic E-state index is 6.20. The van der Waals surface area contributed by atoms with E-state index in [4.69, 9.17) is 11.6 Å². The van der Waals surface area contributed by atoms with Crippen LogP contribution >= 0.6 is 11.6 Å². The molecule has 1 fully saturated rings. The van der Waals surface area contributed by atoms with Gasteiger partial charge in [-0.2, -0.15) is 0 Å². The van der Waals surface area contributed by atoms with Crippen LogP contribution in [0.5, 0.6) is 0 Å². The van der Waals surface area contributed by atoms with Crippen LogP contribution in [-0.4, -0.2) is 31.1 Å². The van der Waals surface area contributed by atoms with Gasteiger partial charge in [0, 0.05) is 24.2 Å². The minimum Gasteiger partial charge on any atom is -0.309 e. The van der Waals surface area contributed by atoms with E-state index >= 15 is 0 Å². The minimum atomic E-state index is 0.323. The predicted molar refractivity (Wildman–Crippen MR) is 78.2 cm³/mol. The zero-order valence-corrected chi connectivity index (χ0v) is 11.9. The fourth-order valence-corrected chi connectivity index (χ4v) is 2.86. The average molecular weight is 267 g/mol. The van der Waals surface area contributed by atoms with Crippen LogP contribution in [0.3, 0.4) is 0 Å². The Morgan fingerprint density at radius 1 is 1.22 bits per heavy atom. The molecule has 1 saturated heterocycles. The van der Waals surface area contributed by atoms with Gasteiger partial charge in [0.25, 0.3) is 0 Å². The molecule has 1 N–H and O–H groups in total. The summed E-state index contributed by atoms with van der Waals surface area (Å²) >= 11 is 6.20. The number of nitrogens with one attached hydrogen (secondary N) is 1. The van der Waals surface area contributed by atoms with Crippen LogP contribution in [0.1, 0.15) is 37.8 Å². The standard InChI is InChI=1S/C15H23ClN2/c1-13(14-7-3-4-8-15(14)16)17-9-12-18-10-5-2-6-11-18/h3-4,7-8,13,17H,2,5-6,9-12H2,1H3. The number of hydrogen-bond acceptors (Lipinski definition) is 2. The monoisotopic (exact) mass is 266 g/mol. The Labute approximate surface area is 115 Å². The molecule has 2 nitrogen and oxygen atoms in total. The first-order valence-corrected chi connectivity index (χ1v) is 7.35. The summed E-state index contributed by atoms with van der Waals surface area (Å²) in [5, 5.41) is 4.42. The zero-order chi connectivity index (χ0) is 12.8. The van der Waals surface area contributed by atoms with Gasteiger partial charge < -0.3 is 10.2 Å². The third-order valence-electron chi connectivity index (χ3n) is 3.70. The van der Waals surface area contributed by atoms with Crippen LogP contribution in [0, 0.1) is 0 Å². The first kappa shape index (κ1) is 13.9. The lowest BCUT2D eigenvalue weighted by atomic mass is 10.1. The van der Waals surface area contributed by atoms with E-state index in [1.807, 2.05) is 18.2 Å². The van der Waals surface area contributed by atoms with Crippen LogP contribution in [0.2, 0.25) is 5.02 Å². The molecular weight excluding hydrogens is 244 g/mol. The summed E-state index contributed by atoms with van der Waals surface area (Å²) in [6.07, 6.45) is 4.13. The van der Waals surface area contributed by atoms with E-state index in [1.165, 1.54) is 37.9 Å². The van der Waals surface area contributed by atoms with Crippen molar-refractivity contribution in [2.75, 3.05) is 26.2 Å². The van der Waals surface area contributed by atoms with Gasteiger partial charge in [-0.25, -0.2) is 0 Å². The fourth-order valence-electron chi connectivity index (χ4n) is 2.56. The Balaban J connectivity index is 1.74. The quantitative estimate of drug-likeness (QED) is 0.878. The molecule has 1 aliphatic heterocycles. The van der Waals surface area contributed by atoms with Gasteiger partial charge in [-0.15, -0.1) is 0 Å². The molecule has 0 amide bonds. The van der Waals surface area contributed by atoms with Crippen LogP contribution in [-0.2, 0) is 0 Å². The molecular formula is C15H23ClN2. The molecule has 0 spiro atoms. The summed E-state index contributed by atoms with van der Waals surface area (Å²) < 4.78 is 0. The maximum absolute atomic E-state index is 6.20. The van der Waals surface area contributed by atoms with Crippen molar-refractivity contribution in [1.29, 1.82) is 0 Å². The normalized spacial score (nSPS) is 18.8. The molecule has 0 radical (unpaired) electrons. The molecule has 100 valence electrons. The molecule has 1 aliphatic rings. The molecule has 18 heavy (non-hydrogen) atoms. The Morgan fingerprint density at radius 3 is 2.67 bits per heavy atom. The second-order valence-electron chi connectivity index (χ2n) is 5.10. The van der Waals surface area contributed by atoms with Crippen molar-refractivity contribution in [2.24, 2.45) is 0 Å². The Hall–Kier alpha value is -0.570.